The summed E-state index contributed by atoms with van der Waals surface area (Å²) in [7, 11) is 2.17. The number of piperidine rings is 1. The van der Waals surface area contributed by atoms with Crippen molar-refractivity contribution in [3.63, 3.8) is 0 Å². The van der Waals surface area contributed by atoms with E-state index in [0.29, 0.717) is 18.5 Å². The highest BCUT2D eigenvalue weighted by Crippen LogP contribution is 2.40. The van der Waals surface area contributed by atoms with Gasteiger partial charge in [-0.2, -0.15) is 0 Å². The number of carbonyl (C=O) groups excluding carboxylic acids is 1. The van der Waals surface area contributed by atoms with E-state index in [1.54, 1.807) is 0 Å². The van der Waals surface area contributed by atoms with E-state index in [9.17, 15) is 4.79 Å². The Bertz CT molecular complexity index is 601. The molecule has 1 N–H and O–H groups in total. The summed E-state index contributed by atoms with van der Waals surface area (Å²) in [5, 5.41) is 3.39. The molecule has 2 bridgehead atoms. The van der Waals surface area contributed by atoms with E-state index in [1.807, 2.05) is 19.1 Å². The van der Waals surface area contributed by atoms with Gasteiger partial charge in [-0.25, -0.2) is 0 Å². The molecule has 2 heterocycles. The van der Waals surface area contributed by atoms with Gasteiger partial charge in [0.1, 0.15) is 6.10 Å². The molecule has 0 amide bonds. The number of hydrogen-bond donors (Lipinski definition) is 1. The number of nitrogens with one attached hydrogen (secondary N) is 1. The van der Waals surface area contributed by atoms with Crippen LogP contribution < -0.4 is 5.32 Å². The van der Waals surface area contributed by atoms with Gasteiger partial charge in [-0.05, 0) is 38.4 Å². The molecule has 1 aliphatic carbocycles. The average molecular weight is 300 g/mol. The fourth-order valence-electron chi connectivity index (χ4n) is 4.32. The number of ether oxygens (including phenoxy) is 1. The van der Waals surface area contributed by atoms with Crippen LogP contribution >= 0.6 is 0 Å². The number of hydrogen-bond acceptors (Lipinski definition) is 4. The molecule has 1 saturated heterocycles. The van der Waals surface area contributed by atoms with Crippen LogP contribution in [0.5, 0.6) is 0 Å². The molecule has 1 saturated carbocycles. The first-order valence-electron chi connectivity index (χ1n) is 8.28. The molecule has 0 radical (unpaired) electrons. The molecule has 1 aromatic carbocycles. The van der Waals surface area contributed by atoms with E-state index >= 15 is 0 Å². The molecule has 2 fully saturated rings. The number of para-hydroxylation sites is 1. The maximum Gasteiger partial charge on any atom is 0.314 e. The fourth-order valence-corrected chi connectivity index (χ4v) is 4.32. The van der Waals surface area contributed by atoms with E-state index < -0.39 is 5.41 Å². The van der Waals surface area contributed by atoms with Crippen LogP contribution in [0.3, 0.4) is 0 Å². The molecule has 3 unspecified atom stereocenters. The second-order valence-corrected chi connectivity index (χ2v) is 7.52. The molecule has 1 aromatic rings. The van der Waals surface area contributed by atoms with Crippen molar-refractivity contribution in [1.29, 1.82) is 0 Å². The van der Waals surface area contributed by atoms with Gasteiger partial charge in [-0.1, -0.05) is 18.2 Å². The first kappa shape index (κ1) is 14.1. The number of fused-ring (bicyclic) bond motifs is 3. The van der Waals surface area contributed by atoms with Crippen LogP contribution in [0.4, 0.5) is 5.69 Å². The van der Waals surface area contributed by atoms with Crippen molar-refractivity contribution in [2.75, 3.05) is 25.5 Å². The quantitative estimate of drug-likeness (QED) is 0.851. The summed E-state index contributed by atoms with van der Waals surface area (Å²) in [6, 6.07) is 8.84. The smallest absolute Gasteiger partial charge is 0.314 e. The van der Waals surface area contributed by atoms with E-state index in [2.05, 4.69) is 29.4 Å². The largest absolute Gasteiger partial charge is 0.461 e. The van der Waals surface area contributed by atoms with Crippen molar-refractivity contribution in [3.8, 4) is 0 Å². The summed E-state index contributed by atoms with van der Waals surface area (Å²) in [6.07, 6.45) is 3.08. The van der Waals surface area contributed by atoms with Crippen LogP contribution in [0, 0.1) is 11.3 Å². The van der Waals surface area contributed by atoms with Crippen LogP contribution in [-0.2, 0) is 16.0 Å². The number of benzene rings is 1. The second-order valence-electron chi connectivity index (χ2n) is 7.52. The van der Waals surface area contributed by atoms with Gasteiger partial charge in [0.2, 0.25) is 0 Å². The Labute approximate surface area is 131 Å². The van der Waals surface area contributed by atoms with Gasteiger partial charge in [-0.3, -0.25) is 4.79 Å². The highest BCUT2D eigenvalue weighted by molar-refractivity contribution is 5.79. The SMILES string of the molecule is CN1CC2CC1CC2OC(=O)[C@@]1(C)CNc2ccccc2C1. The predicted molar refractivity (Wildman–Crippen MR) is 85.8 cm³/mol. The molecule has 118 valence electrons. The maximum atomic E-state index is 12.8. The molecule has 2 aliphatic heterocycles. The summed E-state index contributed by atoms with van der Waals surface area (Å²) < 4.78 is 5.95. The van der Waals surface area contributed by atoms with Crippen LogP contribution in [0.25, 0.3) is 0 Å². The molecule has 0 spiro atoms. The Balaban J connectivity index is 1.45. The maximum absolute atomic E-state index is 12.8. The average Bonchev–Trinajstić information content (AvgIpc) is 3.06. The first-order valence-corrected chi connectivity index (χ1v) is 8.28. The first-order chi connectivity index (χ1) is 10.5. The molecule has 4 rings (SSSR count). The monoisotopic (exact) mass is 300 g/mol. The van der Waals surface area contributed by atoms with Gasteiger partial charge in [0.25, 0.3) is 0 Å². The highest BCUT2D eigenvalue weighted by atomic mass is 16.5. The van der Waals surface area contributed by atoms with Gasteiger partial charge in [0, 0.05) is 37.2 Å². The van der Waals surface area contributed by atoms with Gasteiger partial charge in [0.15, 0.2) is 0 Å². The Morgan fingerprint density at radius 3 is 2.91 bits per heavy atom. The zero-order chi connectivity index (χ0) is 15.3. The Hall–Kier alpha value is -1.55. The van der Waals surface area contributed by atoms with Crippen molar-refractivity contribution < 1.29 is 9.53 Å². The van der Waals surface area contributed by atoms with Crippen LogP contribution in [0.1, 0.15) is 25.3 Å². The summed E-state index contributed by atoms with van der Waals surface area (Å²) in [5.74, 6) is 0.501. The molecule has 3 aliphatic rings. The van der Waals surface area contributed by atoms with Crippen molar-refractivity contribution in [3.05, 3.63) is 29.8 Å². The third kappa shape index (κ3) is 2.21. The van der Waals surface area contributed by atoms with Crippen LogP contribution in [0.15, 0.2) is 24.3 Å². The minimum atomic E-state index is -0.456. The Kier molecular flexibility index (Phi) is 3.19. The number of anilines is 1. The minimum absolute atomic E-state index is 0.0327. The Morgan fingerprint density at radius 1 is 1.36 bits per heavy atom. The molecule has 4 heteroatoms. The topological polar surface area (TPSA) is 41.6 Å². The number of esters is 1. The van der Waals surface area contributed by atoms with Crippen molar-refractivity contribution >= 4 is 11.7 Å². The van der Waals surface area contributed by atoms with E-state index in [4.69, 9.17) is 4.74 Å². The molecular formula is C18H24N2O2. The summed E-state index contributed by atoms with van der Waals surface area (Å²) >= 11 is 0. The third-order valence-electron chi connectivity index (χ3n) is 5.77. The lowest BCUT2D eigenvalue weighted by atomic mass is 9.80. The molecule has 4 nitrogen and oxygen atoms in total. The highest BCUT2D eigenvalue weighted by Gasteiger charge is 2.47. The van der Waals surface area contributed by atoms with Crippen molar-refractivity contribution in [2.24, 2.45) is 11.3 Å². The van der Waals surface area contributed by atoms with E-state index in [1.165, 1.54) is 12.0 Å². The summed E-state index contributed by atoms with van der Waals surface area (Å²) in [5.41, 5.74) is 1.90. The molecule has 0 aromatic heterocycles. The van der Waals surface area contributed by atoms with Crippen LogP contribution in [-0.4, -0.2) is 43.2 Å². The lowest BCUT2D eigenvalue weighted by molar-refractivity contribution is -0.163. The predicted octanol–water partition coefficient (Wildman–Crippen LogP) is 2.30. The molecule has 22 heavy (non-hydrogen) atoms. The van der Waals surface area contributed by atoms with Crippen molar-refractivity contribution in [2.45, 2.75) is 38.3 Å². The standard InChI is InChI=1S/C18H24N2O2/c1-18(9-12-5-3-4-6-15(12)19-11-18)17(21)22-16-8-14-7-13(16)10-20(14)2/h3-6,13-14,16,19H,7-11H2,1-2H3/t13?,14?,16?,18-/m1/s1. The summed E-state index contributed by atoms with van der Waals surface area (Å²) in [6.45, 7) is 3.75. The zero-order valence-corrected chi connectivity index (χ0v) is 13.3. The lowest BCUT2D eigenvalue weighted by Crippen LogP contribution is -2.45. The van der Waals surface area contributed by atoms with Gasteiger partial charge in [0.05, 0.1) is 5.41 Å². The van der Waals surface area contributed by atoms with E-state index in [-0.39, 0.29) is 12.1 Å². The zero-order valence-electron chi connectivity index (χ0n) is 13.3. The number of nitrogens with zero attached hydrogens (tertiary/aromatic N) is 1. The number of likely N-dealkylation sites (tertiary alicyclic amines) is 1. The van der Waals surface area contributed by atoms with E-state index in [0.717, 1.165) is 25.1 Å². The van der Waals surface area contributed by atoms with Crippen LogP contribution in [0.2, 0.25) is 0 Å². The summed E-state index contributed by atoms with van der Waals surface area (Å²) in [4.78, 5) is 15.2. The number of rotatable bonds is 2. The van der Waals surface area contributed by atoms with Gasteiger partial charge in [-0.15, -0.1) is 0 Å². The minimum Gasteiger partial charge on any atom is -0.461 e. The van der Waals surface area contributed by atoms with Gasteiger partial charge < -0.3 is 15.0 Å². The third-order valence-corrected chi connectivity index (χ3v) is 5.77. The fraction of sp³-hybridized carbons (Fsp3) is 0.611. The second kappa shape index (κ2) is 4.98. The Morgan fingerprint density at radius 2 is 2.18 bits per heavy atom. The lowest BCUT2D eigenvalue weighted by Gasteiger charge is -2.36. The van der Waals surface area contributed by atoms with Gasteiger partial charge >= 0.3 is 5.97 Å². The van der Waals surface area contributed by atoms with Crippen molar-refractivity contribution in [1.82, 2.24) is 4.90 Å². The molecule has 4 atom stereocenters. The number of carbonyl (C=O) groups is 1. The molecular weight excluding hydrogens is 276 g/mol. The normalized spacial score (nSPS) is 36.7.